The topological polar surface area (TPSA) is 65.0 Å². The standard InChI is InChI=1S/C13H28N2O3/c1-3-5-11(4-2)7-9-18-10-15-8-6-12(16)14-13(15)17/h11-14,16-17H,3-10H2,1-2H3. The molecule has 3 N–H and O–H groups in total. The quantitative estimate of drug-likeness (QED) is 0.570. The van der Waals surface area contributed by atoms with Gasteiger partial charge in [-0.3, -0.25) is 5.32 Å². The molecule has 108 valence electrons. The van der Waals surface area contributed by atoms with Crippen molar-refractivity contribution in [2.24, 2.45) is 5.92 Å². The molecule has 0 aromatic heterocycles. The van der Waals surface area contributed by atoms with Gasteiger partial charge in [0.05, 0.1) is 0 Å². The van der Waals surface area contributed by atoms with E-state index in [2.05, 4.69) is 19.2 Å². The minimum atomic E-state index is -0.800. The van der Waals surface area contributed by atoms with Gasteiger partial charge in [-0.2, -0.15) is 0 Å². The van der Waals surface area contributed by atoms with Crippen molar-refractivity contribution in [3.05, 3.63) is 0 Å². The Hall–Kier alpha value is -0.200. The van der Waals surface area contributed by atoms with Crippen LogP contribution >= 0.6 is 0 Å². The number of rotatable bonds is 8. The highest BCUT2D eigenvalue weighted by atomic mass is 16.5. The van der Waals surface area contributed by atoms with E-state index in [4.69, 9.17) is 4.74 Å². The molecule has 1 aliphatic rings. The first kappa shape index (κ1) is 15.9. The maximum absolute atomic E-state index is 9.65. The van der Waals surface area contributed by atoms with Crippen LogP contribution in [0.2, 0.25) is 0 Å². The van der Waals surface area contributed by atoms with Gasteiger partial charge in [0.2, 0.25) is 0 Å². The monoisotopic (exact) mass is 260 g/mol. The van der Waals surface area contributed by atoms with Crippen molar-refractivity contribution in [1.82, 2.24) is 10.2 Å². The second kappa shape index (κ2) is 8.82. The lowest BCUT2D eigenvalue weighted by Gasteiger charge is -2.35. The van der Waals surface area contributed by atoms with Crippen molar-refractivity contribution >= 4 is 0 Å². The van der Waals surface area contributed by atoms with E-state index in [0.717, 1.165) is 18.9 Å². The van der Waals surface area contributed by atoms with E-state index in [0.29, 0.717) is 19.7 Å². The van der Waals surface area contributed by atoms with Crippen LogP contribution in [0.15, 0.2) is 0 Å². The first-order valence-corrected chi connectivity index (χ1v) is 7.11. The summed E-state index contributed by atoms with van der Waals surface area (Å²) in [6, 6.07) is 0. The fourth-order valence-corrected chi connectivity index (χ4v) is 2.30. The Morgan fingerprint density at radius 1 is 1.33 bits per heavy atom. The van der Waals surface area contributed by atoms with Crippen LogP contribution in [0.1, 0.15) is 46.0 Å². The zero-order chi connectivity index (χ0) is 13.4. The molecule has 1 saturated heterocycles. The van der Waals surface area contributed by atoms with Gasteiger partial charge in [-0.05, 0) is 18.8 Å². The Balaban J connectivity index is 2.10. The third kappa shape index (κ3) is 5.63. The fraction of sp³-hybridized carbons (Fsp3) is 1.00. The lowest BCUT2D eigenvalue weighted by Crippen LogP contribution is -2.56. The van der Waals surface area contributed by atoms with Crippen LogP contribution in [-0.4, -0.2) is 47.6 Å². The van der Waals surface area contributed by atoms with Crippen molar-refractivity contribution in [2.75, 3.05) is 19.9 Å². The Labute approximate surface area is 110 Å². The van der Waals surface area contributed by atoms with E-state index in [1.807, 2.05) is 0 Å². The van der Waals surface area contributed by atoms with Gasteiger partial charge in [0.1, 0.15) is 13.0 Å². The molecule has 0 spiro atoms. The average Bonchev–Trinajstić information content (AvgIpc) is 2.35. The zero-order valence-corrected chi connectivity index (χ0v) is 11.6. The summed E-state index contributed by atoms with van der Waals surface area (Å²) in [6.07, 6.45) is 4.00. The van der Waals surface area contributed by atoms with Gasteiger partial charge >= 0.3 is 0 Å². The highest BCUT2D eigenvalue weighted by Crippen LogP contribution is 2.15. The van der Waals surface area contributed by atoms with Crippen molar-refractivity contribution in [1.29, 1.82) is 0 Å². The molecule has 18 heavy (non-hydrogen) atoms. The Kier molecular flexibility index (Phi) is 7.77. The van der Waals surface area contributed by atoms with Gasteiger partial charge in [0.15, 0.2) is 6.35 Å². The number of aliphatic hydroxyl groups is 2. The molecule has 0 saturated carbocycles. The summed E-state index contributed by atoms with van der Waals surface area (Å²) < 4.78 is 5.60. The van der Waals surface area contributed by atoms with E-state index in [-0.39, 0.29) is 0 Å². The van der Waals surface area contributed by atoms with Gasteiger partial charge in [-0.1, -0.05) is 33.1 Å². The summed E-state index contributed by atoms with van der Waals surface area (Å²) in [4.78, 5) is 1.79. The summed E-state index contributed by atoms with van der Waals surface area (Å²) in [5, 5.41) is 21.6. The third-order valence-electron chi connectivity index (χ3n) is 3.58. The number of hydrogen-bond acceptors (Lipinski definition) is 5. The van der Waals surface area contributed by atoms with E-state index < -0.39 is 12.6 Å². The van der Waals surface area contributed by atoms with Gasteiger partial charge in [0.25, 0.3) is 0 Å². The second-order valence-corrected chi connectivity index (χ2v) is 5.05. The molecule has 1 aliphatic heterocycles. The number of nitrogens with one attached hydrogen (secondary N) is 1. The van der Waals surface area contributed by atoms with Crippen LogP contribution in [0.4, 0.5) is 0 Å². The first-order chi connectivity index (χ1) is 8.67. The minimum absolute atomic E-state index is 0.420. The summed E-state index contributed by atoms with van der Waals surface area (Å²) in [6.45, 7) is 6.25. The SMILES string of the molecule is CCCC(CC)CCOCN1CCC(O)NC1O. The first-order valence-electron chi connectivity index (χ1n) is 7.11. The predicted octanol–water partition coefficient (Wildman–Crippen LogP) is 1.07. The lowest BCUT2D eigenvalue weighted by atomic mass is 9.98. The maximum Gasteiger partial charge on any atom is 0.166 e. The van der Waals surface area contributed by atoms with Gasteiger partial charge in [0, 0.05) is 13.2 Å². The lowest BCUT2D eigenvalue weighted by molar-refractivity contribution is -0.136. The maximum atomic E-state index is 9.65. The van der Waals surface area contributed by atoms with Crippen LogP contribution < -0.4 is 5.32 Å². The number of nitrogens with zero attached hydrogens (tertiary/aromatic N) is 1. The zero-order valence-electron chi connectivity index (χ0n) is 11.6. The van der Waals surface area contributed by atoms with E-state index in [1.165, 1.54) is 19.3 Å². The molecule has 0 aromatic carbocycles. The largest absolute Gasteiger partial charge is 0.378 e. The second-order valence-electron chi connectivity index (χ2n) is 5.05. The van der Waals surface area contributed by atoms with Crippen molar-refractivity contribution < 1.29 is 14.9 Å². The number of ether oxygens (including phenoxy) is 1. The molecule has 3 atom stereocenters. The van der Waals surface area contributed by atoms with Crippen LogP contribution in [0.25, 0.3) is 0 Å². The molecule has 0 amide bonds. The van der Waals surface area contributed by atoms with Crippen molar-refractivity contribution in [2.45, 2.75) is 58.5 Å². The molecule has 3 unspecified atom stereocenters. The van der Waals surface area contributed by atoms with Gasteiger partial charge < -0.3 is 14.9 Å². The summed E-state index contributed by atoms with van der Waals surface area (Å²) in [5.74, 6) is 0.751. The molecule has 0 radical (unpaired) electrons. The van der Waals surface area contributed by atoms with E-state index in [1.54, 1.807) is 4.90 Å². The summed E-state index contributed by atoms with van der Waals surface area (Å²) in [5.41, 5.74) is 0. The molecule has 5 nitrogen and oxygen atoms in total. The smallest absolute Gasteiger partial charge is 0.166 e. The molecule has 0 aromatic rings. The predicted molar refractivity (Wildman–Crippen MR) is 70.6 cm³/mol. The summed E-state index contributed by atoms with van der Waals surface area (Å²) >= 11 is 0. The van der Waals surface area contributed by atoms with Gasteiger partial charge in [-0.15, -0.1) is 0 Å². The highest BCUT2D eigenvalue weighted by Gasteiger charge is 2.24. The van der Waals surface area contributed by atoms with Gasteiger partial charge in [-0.25, -0.2) is 4.90 Å². The molecule has 0 aliphatic carbocycles. The molecule has 0 bridgehead atoms. The summed E-state index contributed by atoms with van der Waals surface area (Å²) in [7, 11) is 0. The Bertz CT molecular complexity index is 216. The highest BCUT2D eigenvalue weighted by molar-refractivity contribution is 4.68. The minimum Gasteiger partial charge on any atom is -0.378 e. The molecular weight excluding hydrogens is 232 g/mol. The molecule has 1 rings (SSSR count). The molecule has 1 heterocycles. The van der Waals surface area contributed by atoms with Crippen LogP contribution in [-0.2, 0) is 4.74 Å². The Morgan fingerprint density at radius 2 is 2.11 bits per heavy atom. The van der Waals surface area contributed by atoms with Crippen LogP contribution in [0.5, 0.6) is 0 Å². The fourth-order valence-electron chi connectivity index (χ4n) is 2.30. The van der Waals surface area contributed by atoms with Crippen molar-refractivity contribution in [3.8, 4) is 0 Å². The number of aliphatic hydroxyl groups excluding tert-OH is 2. The molecule has 5 heteroatoms. The Morgan fingerprint density at radius 3 is 2.72 bits per heavy atom. The average molecular weight is 260 g/mol. The van der Waals surface area contributed by atoms with Crippen LogP contribution in [0, 0.1) is 5.92 Å². The third-order valence-corrected chi connectivity index (χ3v) is 3.58. The van der Waals surface area contributed by atoms with Crippen molar-refractivity contribution in [3.63, 3.8) is 0 Å². The van der Waals surface area contributed by atoms with E-state index >= 15 is 0 Å². The van der Waals surface area contributed by atoms with E-state index in [9.17, 15) is 10.2 Å². The normalized spacial score (nSPS) is 27.3. The molecular formula is C13H28N2O3. The van der Waals surface area contributed by atoms with Crippen LogP contribution in [0.3, 0.4) is 0 Å². The molecule has 1 fully saturated rings. The number of hydrogen-bond donors (Lipinski definition) is 3.